The summed E-state index contributed by atoms with van der Waals surface area (Å²) in [6, 6.07) is 1.52. The summed E-state index contributed by atoms with van der Waals surface area (Å²) in [6.45, 7) is 1.37. The van der Waals surface area contributed by atoms with E-state index in [-0.39, 0.29) is 16.0 Å². The van der Waals surface area contributed by atoms with Crippen molar-refractivity contribution in [2.24, 2.45) is 5.41 Å². The van der Waals surface area contributed by atoms with Crippen LogP contribution in [0.4, 0.5) is 4.39 Å². The average Bonchev–Trinajstić information content (AvgIpc) is 2.93. The molecule has 1 spiro atoms. The molecule has 4 rings (SSSR count). The van der Waals surface area contributed by atoms with Crippen molar-refractivity contribution in [3.05, 3.63) is 28.7 Å². The van der Waals surface area contributed by atoms with E-state index in [1.54, 1.807) is 12.5 Å². The van der Waals surface area contributed by atoms with E-state index >= 15 is 0 Å². The second-order valence-corrected chi connectivity index (χ2v) is 10.5. The molecule has 1 aromatic heterocycles. The van der Waals surface area contributed by atoms with Crippen molar-refractivity contribution in [3.8, 4) is 0 Å². The first-order valence-corrected chi connectivity index (χ1v) is 10.7. The van der Waals surface area contributed by atoms with E-state index in [0.717, 1.165) is 12.8 Å². The van der Waals surface area contributed by atoms with Gasteiger partial charge in [0.2, 0.25) is 0 Å². The van der Waals surface area contributed by atoms with Gasteiger partial charge < -0.3 is 5.11 Å². The van der Waals surface area contributed by atoms with Gasteiger partial charge in [0.1, 0.15) is 5.82 Å². The quantitative estimate of drug-likeness (QED) is 0.781. The molecule has 1 saturated heterocycles. The van der Waals surface area contributed by atoms with E-state index in [2.05, 4.69) is 16.1 Å². The minimum atomic E-state index is -2.19. The third kappa shape index (κ3) is 2.68. The summed E-state index contributed by atoms with van der Waals surface area (Å²) < 4.78 is 28.7. The fraction of sp³-hybridized carbons (Fsp3) is 0.529. The highest BCUT2D eigenvalue weighted by Crippen LogP contribution is 2.60. The number of hydrogen-bond acceptors (Lipinski definition) is 3. The van der Waals surface area contributed by atoms with Crippen LogP contribution in [0.25, 0.3) is 10.9 Å². The van der Waals surface area contributed by atoms with Gasteiger partial charge in [-0.1, -0.05) is 11.6 Å². The maximum absolute atomic E-state index is 14.7. The Morgan fingerprint density at radius 3 is 2.68 bits per heavy atom. The highest BCUT2D eigenvalue weighted by Gasteiger charge is 2.57. The van der Waals surface area contributed by atoms with Gasteiger partial charge in [-0.15, -0.1) is 0 Å². The molecule has 2 N–H and O–H groups in total. The summed E-state index contributed by atoms with van der Waals surface area (Å²) in [5.74, 6) is 3.16. The maximum Gasteiger partial charge on any atom is 0.150 e. The Morgan fingerprint density at radius 1 is 1.44 bits per heavy atom. The van der Waals surface area contributed by atoms with Gasteiger partial charge in [-0.25, -0.2) is 8.70 Å². The molecular formula is C17H21ClFN3O2S. The number of fused-ring (bicyclic) bond motifs is 1. The summed E-state index contributed by atoms with van der Waals surface area (Å²) >= 11 is 6.01. The van der Waals surface area contributed by atoms with Crippen molar-refractivity contribution < 1.29 is 13.7 Å². The number of nitrogens with one attached hydrogen (secondary N) is 1. The standard InChI is InChI=1S/C17H21ClFN3O2S/c1-25(2,24)22-5-3-16(4-6-22)9-17(23,10-16)13-14(19)12(18)7-11-8-20-21-15(11)13/h7-8,23H,1,3-6,9-10H2,2H3,(H,20,21). The molecule has 136 valence electrons. The van der Waals surface area contributed by atoms with Crippen LogP contribution in [0, 0.1) is 11.2 Å². The van der Waals surface area contributed by atoms with Crippen LogP contribution in [-0.4, -0.2) is 49.0 Å². The molecule has 2 heterocycles. The highest BCUT2D eigenvalue weighted by atomic mass is 35.5. The zero-order valence-electron chi connectivity index (χ0n) is 14.0. The number of nitrogens with zero attached hydrogens (tertiary/aromatic N) is 2. The van der Waals surface area contributed by atoms with Gasteiger partial charge in [-0.3, -0.25) is 9.31 Å². The molecule has 2 aromatic rings. The minimum Gasteiger partial charge on any atom is -0.385 e. The third-order valence-corrected chi connectivity index (χ3v) is 7.49. The fourth-order valence-electron chi connectivity index (χ4n) is 4.54. The number of hydrogen-bond donors (Lipinski definition) is 2. The van der Waals surface area contributed by atoms with E-state index in [1.807, 2.05) is 4.31 Å². The Labute approximate surface area is 151 Å². The van der Waals surface area contributed by atoms with Crippen molar-refractivity contribution in [1.82, 2.24) is 14.5 Å². The molecule has 1 aromatic carbocycles. The van der Waals surface area contributed by atoms with Gasteiger partial charge in [-0.05, 0) is 43.0 Å². The SMILES string of the molecule is C=S(C)(=O)N1CCC2(CC1)CC(O)(c1c(F)c(Cl)cc3cn[nH]c13)C2. The molecule has 2 aliphatic rings. The third-order valence-electron chi connectivity index (χ3n) is 5.76. The number of aromatic nitrogens is 2. The van der Waals surface area contributed by atoms with E-state index in [9.17, 15) is 13.7 Å². The van der Waals surface area contributed by atoms with Gasteiger partial charge in [-0.2, -0.15) is 5.10 Å². The Bertz CT molecular complexity index is 940. The van der Waals surface area contributed by atoms with Crippen LogP contribution in [-0.2, 0) is 15.3 Å². The minimum absolute atomic E-state index is 0.00382. The van der Waals surface area contributed by atoms with Crippen LogP contribution >= 0.6 is 11.6 Å². The first kappa shape index (κ1) is 17.3. The number of aliphatic hydroxyl groups is 1. The summed E-state index contributed by atoms with van der Waals surface area (Å²) in [7, 11) is -2.19. The lowest BCUT2D eigenvalue weighted by molar-refractivity contribution is -0.151. The zero-order valence-corrected chi connectivity index (χ0v) is 15.6. The number of aromatic amines is 1. The van der Waals surface area contributed by atoms with E-state index in [1.165, 1.54) is 6.07 Å². The maximum atomic E-state index is 14.7. The first-order chi connectivity index (χ1) is 11.6. The van der Waals surface area contributed by atoms with Gasteiger partial charge in [0, 0.05) is 40.0 Å². The van der Waals surface area contributed by atoms with Gasteiger partial charge in [0.25, 0.3) is 0 Å². The molecule has 5 nitrogen and oxygen atoms in total. The number of piperidine rings is 1. The smallest absolute Gasteiger partial charge is 0.150 e. The Hall–Kier alpha value is -1.15. The Balaban J connectivity index is 1.61. The van der Waals surface area contributed by atoms with Gasteiger partial charge in [0.15, 0.2) is 0 Å². The summed E-state index contributed by atoms with van der Waals surface area (Å²) in [5, 5.41) is 18.5. The van der Waals surface area contributed by atoms with Crippen molar-refractivity contribution in [2.75, 3.05) is 19.3 Å². The number of H-pyrrole nitrogens is 1. The molecular weight excluding hydrogens is 365 g/mol. The van der Waals surface area contributed by atoms with Gasteiger partial charge in [0.05, 0.1) is 22.3 Å². The molecule has 0 bridgehead atoms. The van der Waals surface area contributed by atoms with Crippen molar-refractivity contribution >= 4 is 38.1 Å². The van der Waals surface area contributed by atoms with Crippen LogP contribution in [0.3, 0.4) is 0 Å². The van der Waals surface area contributed by atoms with Crippen molar-refractivity contribution in [3.63, 3.8) is 0 Å². The lowest BCUT2D eigenvalue weighted by Gasteiger charge is -2.57. The van der Waals surface area contributed by atoms with Crippen LogP contribution in [0.1, 0.15) is 31.2 Å². The summed E-state index contributed by atoms with van der Waals surface area (Å²) in [4.78, 5) is 0. The van der Waals surface area contributed by atoms with Gasteiger partial charge >= 0.3 is 0 Å². The lowest BCUT2D eigenvalue weighted by atomic mass is 9.53. The van der Waals surface area contributed by atoms with Crippen LogP contribution in [0.15, 0.2) is 12.3 Å². The van der Waals surface area contributed by atoms with Crippen LogP contribution in [0.5, 0.6) is 0 Å². The molecule has 25 heavy (non-hydrogen) atoms. The zero-order chi connectivity index (χ0) is 18.0. The molecule has 1 aliphatic carbocycles. The molecule has 2 fully saturated rings. The normalized spacial score (nSPS) is 25.0. The average molecular weight is 386 g/mol. The summed E-state index contributed by atoms with van der Waals surface area (Å²) in [5.41, 5.74) is -0.570. The van der Waals surface area contributed by atoms with E-state index in [4.69, 9.17) is 11.6 Å². The highest BCUT2D eigenvalue weighted by molar-refractivity contribution is 7.97. The Morgan fingerprint density at radius 2 is 2.08 bits per heavy atom. The number of rotatable bonds is 2. The number of benzene rings is 1. The second kappa shape index (κ2) is 5.42. The molecule has 1 saturated carbocycles. The monoisotopic (exact) mass is 385 g/mol. The number of halogens is 2. The largest absolute Gasteiger partial charge is 0.385 e. The van der Waals surface area contributed by atoms with Crippen molar-refractivity contribution in [1.29, 1.82) is 0 Å². The van der Waals surface area contributed by atoms with E-state index in [0.29, 0.717) is 36.8 Å². The van der Waals surface area contributed by atoms with Crippen molar-refractivity contribution in [2.45, 2.75) is 31.3 Å². The molecule has 1 aliphatic heterocycles. The Kier molecular flexibility index (Phi) is 3.75. The predicted molar refractivity (Wildman–Crippen MR) is 98.6 cm³/mol. The summed E-state index contributed by atoms with van der Waals surface area (Å²) in [6.07, 6.45) is 5.82. The topological polar surface area (TPSA) is 69.2 Å². The lowest BCUT2D eigenvalue weighted by Crippen LogP contribution is -2.55. The molecule has 8 heteroatoms. The molecule has 1 atom stereocenters. The predicted octanol–water partition coefficient (Wildman–Crippen LogP) is 2.68. The second-order valence-electron chi connectivity index (χ2n) is 7.66. The molecule has 0 amide bonds. The fourth-order valence-corrected chi connectivity index (χ4v) is 5.70. The van der Waals surface area contributed by atoms with Crippen LogP contribution in [0.2, 0.25) is 5.02 Å². The van der Waals surface area contributed by atoms with E-state index < -0.39 is 21.1 Å². The molecule has 0 radical (unpaired) electrons. The first-order valence-electron chi connectivity index (χ1n) is 8.25. The van der Waals surface area contributed by atoms with Crippen LogP contribution < -0.4 is 0 Å². The molecule has 1 unspecified atom stereocenters.